The first-order chi connectivity index (χ1) is 16.6. The fourth-order valence-electron chi connectivity index (χ4n) is 5.07. The molecule has 1 aromatic heterocycles. The number of aromatic nitrogens is 1. The van der Waals surface area contributed by atoms with Crippen molar-refractivity contribution in [3.63, 3.8) is 0 Å². The summed E-state index contributed by atoms with van der Waals surface area (Å²) in [7, 11) is 4.11. The third-order valence-electron chi connectivity index (χ3n) is 6.75. The largest absolute Gasteiger partial charge is 0.384 e. The molecular formula is C31H30N2O. The van der Waals surface area contributed by atoms with Crippen molar-refractivity contribution in [2.45, 2.75) is 17.9 Å². The van der Waals surface area contributed by atoms with Crippen molar-refractivity contribution in [3.05, 3.63) is 126 Å². The van der Waals surface area contributed by atoms with Crippen LogP contribution in [0.2, 0.25) is 0 Å². The number of hydrogen-bond donors (Lipinski definition) is 1. The van der Waals surface area contributed by atoms with Gasteiger partial charge in [0.25, 0.3) is 0 Å². The molecule has 0 aliphatic rings. The Hall–Kier alpha value is -3.53. The lowest BCUT2D eigenvalue weighted by Crippen LogP contribution is -2.37. The summed E-state index contributed by atoms with van der Waals surface area (Å²) in [6, 6.07) is 35.3. The molecule has 0 aliphatic heterocycles. The van der Waals surface area contributed by atoms with Crippen molar-refractivity contribution in [3.8, 4) is 0 Å². The van der Waals surface area contributed by atoms with Gasteiger partial charge in [-0.05, 0) is 60.1 Å². The van der Waals surface area contributed by atoms with Gasteiger partial charge in [0.05, 0.1) is 5.52 Å². The van der Waals surface area contributed by atoms with Gasteiger partial charge in [-0.2, -0.15) is 0 Å². The predicted molar refractivity (Wildman–Crippen MR) is 141 cm³/mol. The molecule has 170 valence electrons. The first-order valence-corrected chi connectivity index (χ1v) is 11.8. The standard InChI is InChI=1S/C31H30N2O/c1-33(2)20-19-31(34,28-17-10-15-23-11-6-8-16-27(23)28)30(24-12-4-3-5-13-24)26-21-25-14-7-9-18-29(25)32-22-26/h3-18,21-22,30,34H,19-20H2,1-2H3/t30-,31-/m1/s1. The molecule has 3 heteroatoms. The van der Waals surface area contributed by atoms with Gasteiger partial charge in [0.15, 0.2) is 0 Å². The van der Waals surface area contributed by atoms with Crippen LogP contribution in [0.15, 0.2) is 109 Å². The first-order valence-electron chi connectivity index (χ1n) is 11.8. The summed E-state index contributed by atoms with van der Waals surface area (Å²) in [5.74, 6) is -0.281. The molecule has 0 bridgehead atoms. The Morgan fingerprint density at radius 1 is 0.765 bits per heavy atom. The lowest BCUT2D eigenvalue weighted by Gasteiger charge is -2.39. The number of aliphatic hydroxyl groups is 1. The molecule has 0 amide bonds. The van der Waals surface area contributed by atoms with Crippen LogP contribution in [0.25, 0.3) is 21.7 Å². The maximum atomic E-state index is 12.8. The van der Waals surface area contributed by atoms with Crippen LogP contribution in [0, 0.1) is 0 Å². The average Bonchev–Trinajstić information content (AvgIpc) is 2.88. The predicted octanol–water partition coefficient (Wildman–Crippen LogP) is 6.36. The zero-order valence-corrected chi connectivity index (χ0v) is 19.7. The third kappa shape index (κ3) is 4.21. The Morgan fingerprint density at radius 2 is 1.44 bits per heavy atom. The van der Waals surface area contributed by atoms with Crippen LogP contribution in [-0.4, -0.2) is 35.6 Å². The number of benzene rings is 4. The van der Waals surface area contributed by atoms with E-state index in [-0.39, 0.29) is 5.92 Å². The number of fused-ring (bicyclic) bond motifs is 2. The fourth-order valence-corrected chi connectivity index (χ4v) is 5.07. The molecule has 0 fully saturated rings. The molecule has 0 aliphatic carbocycles. The molecule has 5 rings (SSSR count). The highest BCUT2D eigenvalue weighted by Crippen LogP contribution is 2.46. The van der Waals surface area contributed by atoms with E-state index in [4.69, 9.17) is 4.98 Å². The van der Waals surface area contributed by atoms with Gasteiger partial charge in [-0.1, -0.05) is 91.0 Å². The van der Waals surface area contributed by atoms with Crippen LogP contribution in [0.1, 0.15) is 29.0 Å². The number of rotatable bonds is 7. The summed E-state index contributed by atoms with van der Waals surface area (Å²) in [6.45, 7) is 0.754. The maximum absolute atomic E-state index is 12.8. The summed E-state index contributed by atoms with van der Waals surface area (Å²) in [5.41, 5.74) is 2.86. The number of para-hydroxylation sites is 1. The van der Waals surface area contributed by atoms with Gasteiger partial charge in [-0.3, -0.25) is 4.98 Å². The van der Waals surface area contributed by atoms with E-state index in [0.717, 1.165) is 44.9 Å². The molecular weight excluding hydrogens is 416 g/mol. The van der Waals surface area contributed by atoms with Crippen LogP contribution in [0.4, 0.5) is 0 Å². The van der Waals surface area contributed by atoms with Crippen molar-refractivity contribution in [1.29, 1.82) is 0 Å². The quantitative estimate of drug-likeness (QED) is 0.316. The van der Waals surface area contributed by atoms with E-state index in [1.807, 2.05) is 54.7 Å². The van der Waals surface area contributed by atoms with Crippen LogP contribution in [0.5, 0.6) is 0 Å². The van der Waals surface area contributed by atoms with E-state index in [2.05, 4.69) is 73.6 Å². The van der Waals surface area contributed by atoms with E-state index >= 15 is 0 Å². The average molecular weight is 447 g/mol. The van der Waals surface area contributed by atoms with Gasteiger partial charge < -0.3 is 10.0 Å². The van der Waals surface area contributed by atoms with Gasteiger partial charge in [-0.15, -0.1) is 0 Å². The zero-order valence-electron chi connectivity index (χ0n) is 19.7. The normalized spacial score (nSPS) is 14.4. The summed E-state index contributed by atoms with van der Waals surface area (Å²) in [6.07, 6.45) is 2.52. The topological polar surface area (TPSA) is 36.4 Å². The van der Waals surface area contributed by atoms with Crippen LogP contribution >= 0.6 is 0 Å². The van der Waals surface area contributed by atoms with Crippen molar-refractivity contribution < 1.29 is 5.11 Å². The van der Waals surface area contributed by atoms with Crippen molar-refractivity contribution in [2.24, 2.45) is 0 Å². The first kappa shape index (κ1) is 22.3. The molecule has 34 heavy (non-hydrogen) atoms. The van der Waals surface area contributed by atoms with Crippen LogP contribution < -0.4 is 0 Å². The van der Waals surface area contributed by atoms with E-state index in [1.165, 1.54) is 0 Å². The van der Waals surface area contributed by atoms with Gasteiger partial charge in [0.1, 0.15) is 5.60 Å². The monoisotopic (exact) mass is 446 g/mol. The number of nitrogens with zero attached hydrogens (tertiary/aromatic N) is 2. The second kappa shape index (κ2) is 9.38. The van der Waals surface area contributed by atoms with Crippen molar-refractivity contribution in [1.82, 2.24) is 9.88 Å². The van der Waals surface area contributed by atoms with Gasteiger partial charge in [-0.25, -0.2) is 0 Å². The molecule has 0 saturated carbocycles. The Bertz CT molecular complexity index is 1410. The Labute approximate surface area is 201 Å². The zero-order chi connectivity index (χ0) is 23.5. The Morgan fingerprint density at radius 3 is 2.24 bits per heavy atom. The van der Waals surface area contributed by atoms with Crippen molar-refractivity contribution >= 4 is 21.7 Å². The molecule has 0 saturated heterocycles. The highest BCUT2D eigenvalue weighted by Gasteiger charge is 2.41. The highest BCUT2D eigenvalue weighted by molar-refractivity contribution is 5.87. The molecule has 1 heterocycles. The minimum absolute atomic E-state index is 0.281. The van der Waals surface area contributed by atoms with Crippen LogP contribution in [0.3, 0.4) is 0 Å². The van der Waals surface area contributed by atoms with Crippen LogP contribution in [-0.2, 0) is 5.60 Å². The Kier molecular flexibility index (Phi) is 6.14. The molecule has 0 unspecified atom stereocenters. The van der Waals surface area contributed by atoms with E-state index < -0.39 is 5.60 Å². The molecule has 0 radical (unpaired) electrons. The molecule has 0 spiro atoms. The number of hydrogen-bond acceptors (Lipinski definition) is 3. The lowest BCUT2D eigenvalue weighted by molar-refractivity contribution is 0.00584. The van der Waals surface area contributed by atoms with E-state index in [0.29, 0.717) is 6.42 Å². The molecule has 5 aromatic rings. The molecule has 2 atom stereocenters. The minimum Gasteiger partial charge on any atom is -0.384 e. The maximum Gasteiger partial charge on any atom is 0.102 e. The summed E-state index contributed by atoms with van der Waals surface area (Å²) in [5, 5.41) is 16.1. The van der Waals surface area contributed by atoms with E-state index in [1.54, 1.807) is 0 Å². The smallest absolute Gasteiger partial charge is 0.102 e. The van der Waals surface area contributed by atoms with Crippen molar-refractivity contribution in [2.75, 3.05) is 20.6 Å². The molecule has 1 N–H and O–H groups in total. The second-order valence-electron chi connectivity index (χ2n) is 9.31. The van der Waals surface area contributed by atoms with Gasteiger partial charge in [0, 0.05) is 24.0 Å². The SMILES string of the molecule is CN(C)CC[C@@](O)(c1cccc2ccccc12)[C@H](c1ccccc1)c1cnc2ccccc2c1. The molecule has 4 aromatic carbocycles. The highest BCUT2D eigenvalue weighted by atomic mass is 16.3. The minimum atomic E-state index is -1.14. The van der Waals surface area contributed by atoms with Gasteiger partial charge in [0.2, 0.25) is 0 Å². The fraction of sp³-hybridized carbons (Fsp3) is 0.194. The summed E-state index contributed by atoms with van der Waals surface area (Å²) < 4.78 is 0. The third-order valence-corrected chi connectivity index (χ3v) is 6.75. The molecule has 3 nitrogen and oxygen atoms in total. The van der Waals surface area contributed by atoms with Gasteiger partial charge >= 0.3 is 0 Å². The summed E-state index contributed by atoms with van der Waals surface area (Å²) >= 11 is 0. The lowest BCUT2D eigenvalue weighted by atomic mass is 9.71. The van der Waals surface area contributed by atoms with E-state index in [9.17, 15) is 5.11 Å². The summed E-state index contributed by atoms with van der Waals surface area (Å²) in [4.78, 5) is 6.91. The Balaban J connectivity index is 1.78. The second-order valence-corrected chi connectivity index (χ2v) is 9.31. The number of pyridine rings is 1.